The summed E-state index contributed by atoms with van der Waals surface area (Å²) < 4.78 is 0. The van der Waals surface area contributed by atoms with Crippen LogP contribution in [-0.4, -0.2) is 11.1 Å². The van der Waals surface area contributed by atoms with Gasteiger partial charge in [-0.15, -0.1) is 6.58 Å². The van der Waals surface area contributed by atoms with Crippen molar-refractivity contribution in [1.29, 1.82) is 0 Å². The zero-order valence-electron chi connectivity index (χ0n) is 16.4. The van der Waals surface area contributed by atoms with Gasteiger partial charge in [0.15, 0.2) is 5.82 Å². The van der Waals surface area contributed by atoms with E-state index >= 15 is 0 Å². The van der Waals surface area contributed by atoms with Crippen LogP contribution in [-0.2, 0) is 0 Å². The Hall–Kier alpha value is -3.07. The third kappa shape index (κ3) is 2.26. The van der Waals surface area contributed by atoms with Gasteiger partial charge in [-0.05, 0) is 48.2 Å². The van der Waals surface area contributed by atoms with Gasteiger partial charge in [0.1, 0.15) is 6.17 Å². The van der Waals surface area contributed by atoms with Crippen molar-refractivity contribution in [2.24, 2.45) is 5.41 Å². The average molecular weight is 367 g/mol. The Bertz CT molecular complexity index is 1020. The molecule has 1 aromatic heterocycles. The maximum atomic E-state index is 4.82. The summed E-state index contributed by atoms with van der Waals surface area (Å²) in [7, 11) is 0. The number of hydrogen-bond donors (Lipinski definition) is 0. The monoisotopic (exact) mass is 367 g/mol. The predicted octanol–water partition coefficient (Wildman–Crippen LogP) is 6.40. The number of nitrogens with zero attached hydrogens (tertiary/aromatic N) is 3. The molecule has 2 atom stereocenters. The Morgan fingerprint density at radius 2 is 1.64 bits per heavy atom. The Balaban J connectivity index is 1.80. The smallest absolute Gasteiger partial charge is 0.158 e. The zero-order valence-corrected chi connectivity index (χ0v) is 16.4. The summed E-state index contributed by atoms with van der Waals surface area (Å²) in [6.45, 7) is 8.83. The zero-order chi connectivity index (χ0) is 19.3. The first-order valence-corrected chi connectivity index (χ1v) is 9.93. The molecule has 2 aliphatic heterocycles. The van der Waals surface area contributed by atoms with E-state index in [0.717, 1.165) is 12.2 Å². The lowest BCUT2D eigenvalue weighted by Gasteiger charge is -2.52. The number of allylic oxidation sites excluding steroid dienone is 1. The largest absolute Gasteiger partial charge is 0.316 e. The fraction of sp³-hybridized carbons (Fsp3) is 0.240. The second-order valence-corrected chi connectivity index (χ2v) is 8.25. The van der Waals surface area contributed by atoms with Crippen molar-refractivity contribution < 1.29 is 0 Å². The van der Waals surface area contributed by atoms with Crippen molar-refractivity contribution in [1.82, 2.24) is 4.98 Å². The van der Waals surface area contributed by atoms with Crippen LogP contribution in [0, 0.1) is 5.41 Å². The van der Waals surface area contributed by atoms with E-state index < -0.39 is 0 Å². The molecule has 2 unspecified atom stereocenters. The maximum absolute atomic E-state index is 4.82. The minimum atomic E-state index is -0.0148. The lowest BCUT2D eigenvalue weighted by molar-refractivity contribution is 0.218. The Morgan fingerprint density at radius 3 is 2.43 bits per heavy atom. The summed E-state index contributed by atoms with van der Waals surface area (Å²) in [5, 5.41) is 0. The van der Waals surface area contributed by atoms with Crippen LogP contribution in [0.15, 0.2) is 85.6 Å². The summed E-state index contributed by atoms with van der Waals surface area (Å²) >= 11 is 0. The van der Waals surface area contributed by atoms with E-state index in [1.165, 1.54) is 22.6 Å². The molecule has 3 heteroatoms. The fourth-order valence-corrected chi connectivity index (χ4v) is 5.09. The molecule has 0 N–H and O–H groups in total. The SMILES string of the molecule is C=CCC1c2ccccc2N2c3ncccc3N(c3ccccc3)C2C1(C)C. The van der Waals surface area contributed by atoms with Gasteiger partial charge in [0.2, 0.25) is 0 Å². The third-order valence-corrected chi connectivity index (χ3v) is 6.31. The first-order valence-electron chi connectivity index (χ1n) is 9.93. The molecular formula is C25H25N3. The molecule has 5 rings (SSSR count). The number of pyridine rings is 1. The second kappa shape index (κ2) is 6.23. The van der Waals surface area contributed by atoms with Crippen LogP contribution in [0.4, 0.5) is 22.9 Å². The maximum Gasteiger partial charge on any atom is 0.158 e. The highest BCUT2D eigenvalue weighted by atomic mass is 15.5. The van der Waals surface area contributed by atoms with Crippen LogP contribution >= 0.6 is 0 Å². The van der Waals surface area contributed by atoms with Crippen LogP contribution in [0.3, 0.4) is 0 Å². The molecule has 3 aromatic rings. The number of hydrogen-bond acceptors (Lipinski definition) is 3. The molecule has 0 saturated carbocycles. The van der Waals surface area contributed by atoms with Crippen molar-refractivity contribution in [3.8, 4) is 0 Å². The van der Waals surface area contributed by atoms with Gasteiger partial charge >= 0.3 is 0 Å². The molecule has 0 fully saturated rings. The first-order chi connectivity index (χ1) is 13.6. The van der Waals surface area contributed by atoms with Crippen molar-refractivity contribution in [3.05, 3.63) is 91.1 Å². The Kier molecular flexibility index (Phi) is 3.80. The number of anilines is 4. The first kappa shape index (κ1) is 17.1. The summed E-state index contributed by atoms with van der Waals surface area (Å²) in [5.41, 5.74) is 5.00. The van der Waals surface area contributed by atoms with Crippen molar-refractivity contribution in [2.75, 3.05) is 9.80 Å². The van der Waals surface area contributed by atoms with Gasteiger partial charge < -0.3 is 9.80 Å². The van der Waals surface area contributed by atoms with Gasteiger partial charge in [-0.2, -0.15) is 0 Å². The lowest BCUT2D eigenvalue weighted by atomic mass is 9.67. The summed E-state index contributed by atoms with van der Waals surface area (Å²) in [6, 6.07) is 23.7. The standard InChI is InChI=1S/C25H25N3/c1-4-11-20-19-14-8-9-15-21(19)28-23-22(16-10-17-26-23)27(24(28)25(20,2)3)18-12-6-5-7-13-18/h4-10,12-17,20,24H,1,11H2,2-3H3. The number of benzene rings is 2. The normalized spacial score (nSPS) is 21.6. The molecular weight excluding hydrogens is 342 g/mol. The average Bonchev–Trinajstić information content (AvgIpc) is 3.08. The Labute approximate surface area is 167 Å². The van der Waals surface area contributed by atoms with E-state index in [9.17, 15) is 0 Å². The van der Waals surface area contributed by atoms with E-state index in [2.05, 4.69) is 97.0 Å². The quantitative estimate of drug-likeness (QED) is 0.500. The highest BCUT2D eigenvalue weighted by Gasteiger charge is 2.54. The topological polar surface area (TPSA) is 19.4 Å². The summed E-state index contributed by atoms with van der Waals surface area (Å²) in [5.74, 6) is 1.43. The fourth-order valence-electron chi connectivity index (χ4n) is 5.09. The van der Waals surface area contributed by atoms with E-state index in [4.69, 9.17) is 4.98 Å². The molecule has 0 spiro atoms. The predicted molar refractivity (Wildman–Crippen MR) is 117 cm³/mol. The number of fused-ring (bicyclic) bond motifs is 5. The van der Waals surface area contributed by atoms with E-state index in [-0.39, 0.29) is 11.6 Å². The van der Waals surface area contributed by atoms with E-state index in [1.807, 2.05) is 12.3 Å². The van der Waals surface area contributed by atoms with E-state index in [0.29, 0.717) is 5.92 Å². The van der Waals surface area contributed by atoms with Gasteiger partial charge in [0.25, 0.3) is 0 Å². The van der Waals surface area contributed by atoms with E-state index in [1.54, 1.807) is 0 Å². The van der Waals surface area contributed by atoms with Gasteiger partial charge in [0.05, 0.1) is 5.69 Å². The molecule has 0 aliphatic carbocycles. The lowest BCUT2D eigenvalue weighted by Crippen LogP contribution is -2.54. The third-order valence-electron chi connectivity index (χ3n) is 6.31. The molecule has 3 heterocycles. The van der Waals surface area contributed by atoms with Gasteiger partial charge in [-0.1, -0.05) is 56.3 Å². The van der Waals surface area contributed by atoms with Gasteiger partial charge in [0, 0.05) is 23.0 Å². The van der Waals surface area contributed by atoms with Gasteiger partial charge in [-0.3, -0.25) is 0 Å². The minimum Gasteiger partial charge on any atom is -0.316 e. The minimum absolute atomic E-state index is 0.0148. The molecule has 0 bridgehead atoms. The highest BCUT2D eigenvalue weighted by molar-refractivity contribution is 5.88. The molecule has 2 aromatic carbocycles. The van der Waals surface area contributed by atoms with Crippen molar-refractivity contribution in [3.63, 3.8) is 0 Å². The number of aromatic nitrogens is 1. The van der Waals surface area contributed by atoms with Crippen LogP contribution in [0.25, 0.3) is 0 Å². The van der Waals surface area contributed by atoms with Gasteiger partial charge in [-0.25, -0.2) is 4.98 Å². The van der Waals surface area contributed by atoms with Crippen molar-refractivity contribution in [2.45, 2.75) is 32.4 Å². The van der Waals surface area contributed by atoms with Crippen LogP contribution in [0.5, 0.6) is 0 Å². The summed E-state index contributed by atoms with van der Waals surface area (Å²) in [6.07, 6.45) is 5.07. The molecule has 28 heavy (non-hydrogen) atoms. The number of para-hydroxylation sites is 2. The molecule has 2 aliphatic rings. The van der Waals surface area contributed by atoms with Crippen molar-refractivity contribution >= 4 is 22.9 Å². The molecule has 0 amide bonds. The second-order valence-electron chi connectivity index (χ2n) is 8.25. The number of rotatable bonds is 3. The molecule has 3 nitrogen and oxygen atoms in total. The highest BCUT2D eigenvalue weighted by Crippen LogP contribution is 2.60. The molecule has 0 radical (unpaired) electrons. The van der Waals surface area contributed by atoms with Crippen LogP contribution in [0.1, 0.15) is 31.7 Å². The van der Waals surface area contributed by atoms with Crippen LogP contribution in [0.2, 0.25) is 0 Å². The molecule has 140 valence electrons. The molecule has 0 saturated heterocycles. The Morgan fingerprint density at radius 1 is 0.929 bits per heavy atom. The van der Waals surface area contributed by atoms with Crippen LogP contribution < -0.4 is 9.80 Å². The summed E-state index contributed by atoms with van der Waals surface area (Å²) in [4.78, 5) is 9.73.